The molecule has 0 aromatic carbocycles. The zero-order valence-corrected chi connectivity index (χ0v) is 9.29. The number of hydrogen-bond acceptors (Lipinski definition) is 2. The fraction of sp³-hybridized carbons (Fsp3) is 0.889. The molecule has 0 saturated carbocycles. The SMILES string of the molecule is CCCCC[O][Al][C](=O)CCC. The Kier molecular flexibility index (Phi) is 9.38. The van der Waals surface area contributed by atoms with Crippen molar-refractivity contribution < 1.29 is 8.58 Å². The van der Waals surface area contributed by atoms with E-state index in [2.05, 4.69) is 6.92 Å². The van der Waals surface area contributed by atoms with Crippen molar-refractivity contribution in [3.05, 3.63) is 0 Å². The van der Waals surface area contributed by atoms with E-state index in [9.17, 15) is 4.79 Å². The van der Waals surface area contributed by atoms with E-state index in [0.29, 0.717) is 11.1 Å². The van der Waals surface area contributed by atoms with Crippen LogP contribution in [0.4, 0.5) is 0 Å². The van der Waals surface area contributed by atoms with Gasteiger partial charge in [0.05, 0.1) is 4.65 Å². The highest BCUT2D eigenvalue weighted by Crippen LogP contribution is 1.94. The molecule has 0 atom stereocenters. The lowest BCUT2D eigenvalue weighted by Gasteiger charge is -2.00. The molecule has 2 nitrogen and oxygen atoms in total. The summed E-state index contributed by atoms with van der Waals surface area (Å²) in [7, 11) is 0. The van der Waals surface area contributed by atoms with Crippen molar-refractivity contribution in [1.29, 1.82) is 0 Å². The molecule has 0 aromatic heterocycles. The molecule has 0 N–H and O–H groups in total. The highest BCUT2D eigenvalue weighted by Gasteiger charge is 2.05. The largest absolute Gasteiger partial charge is 0.525 e. The average molecular weight is 185 g/mol. The van der Waals surface area contributed by atoms with Crippen LogP contribution in [0.25, 0.3) is 0 Å². The van der Waals surface area contributed by atoms with Gasteiger partial charge in [0.15, 0.2) is 0 Å². The van der Waals surface area contributed by atoms with Gasteiger partial charge in [0.2, 0.25) is 0 Å². The maximum absolute atomic E-state index is 11.0. The van der Waals surface area contributed by atoms with Crippen LogP contribution in [0.2, 0.25) is 0 Å². The molecule has 0 aliphatic carbocycles. The molecule has 0 heterocycles. The highest BCUT2D eigenvalue weighted by molar-refractivity contribution is 6.68. The summed E-state index contributed by atoms with van der Waals surface area (Å²) in [6, 6.07) is 0. The molecule has 0 aromatic rings. The fourth-order valence-corrected chi connectivity index (χ4v) is 1.77. The van der Waals surface area contributed by atoms with Gasteiger partial charge in [-0.2, -0.15) is 0 Å². The summed E-state index contributed by atoms with van der Waals surface area (Å²) in [5, 5.41) is 0. The van der Waals surface area contributed by atoms with E-state index in [0.717, 1.165) is 19.4 Å². The molecule has 0 rings (SSSR count). The Hall–Kier alpha value is 0.162. The van der Waals surface area contributed by atoms with E-state index in [4.69, 9.17) is 3.79 Å². The van der Waals surface area contributed by atoms with Crippen molar-refractivity contribution in [3.8, 4) is 0 Å². The van der Waals surface area contributed by atoms with Crippen LogP contribution < -0.4 is 0 Å². The fourth-order valence-electron chi connectivity index (χ4n) is 0.893. The summed E-state index contributed by atoms with van der Waals surface area (Å²) in [6.45, 7) is 4.96. The molecule has 3 heteroatoms. The van der Waals surface area contributed by atoms with Crippen LogP contribution >= 0.6 is 0 Å². The summed E-state index contributed by atoms with van der Waals surface area (Å²) >= 11 is -0.378. The van der Waals surface area contributed by atoms with E-state index in [1.807, 2.05) is 6.92 Å². The molecule has 0 aliphatic rings. The van der Waals surface area contributed by atoms with Gasteiger partial charge in [-0.25, -0.2) is 0 Å². The minimum atomic E-state index is -0.378. The molecule has 69 valence electrons. The maximum Gasteiger partial charge on any atom is 0.525 e. The first-order valence-electron chi connectivity index (χ1n) is 4.78. The lowest BCUT2D eigenvalue weighted by Crippen LogP contribution is -2.13. The van der Waals surface area contributed by atoms with Gasteiger partial charge >= 0.3 is 15.6 Å². The van der Waals surface area contributed by atoms with Crippen molar-refractivity contribution in [2.24, 2.45) is 0 Å². The third-order valence-corrected chi connectivity index (χ3v) is 2.53. The maximum atomic E-state index is 11.0. The summed E-state index contributed by atoms with van der Waals surface area (Å²) < 4.78 is 5.60. The summed E-state index contributed by atoms with van der Waals surface area (Å²) in [5.74, 6) is 0. The Morgan fingerprint density at radius 2 is 2.00 bits per heavy atom. The molecule has 0 unspecified atom stereocenters. The zero-order valence-electron chi connectivity index (χ0n) is 8.14. The van der Waals surface area contributed by atoms with Gasteiger partial charge in [0.1, 0.15) is 0 Å². The molecular weight excluding hydrogens is 167 g/mol. The van der Waals surface area contributed by atoms with Crippen LogP contribution in [0.15, 0.2) is 0 Å². The molecule has 0 amide bonds. The molecule has 1 radical (unpaired) electrons. The summed E-state index contributed by atoms with van der Waals surface area (Å²) in [4.78, 5) is 11.0. The standard InChI is InChI=1S/C5H11O.C4H7O.Al/c1-2-3-4-5-6;1-2-3-4-5;/h2-5H2,1H3;2-3H2,1H3;/q-1;;+1. The Morgan fingerprint density at radius 3 is 2.58 bits per heavy atom. The minimum absolute atomic E-state index is 0.314. The Morgan fingerprint density at radius 1 is 1.25 bits per heavy atom. The molecule has 12 heavy (non-hydrogen) atoms. The number of carbonyl (C=O) groups excluding carboxylic acids is 1. The third kappa shape index (κ3) is 8.26. The van der Waals surface area contributed by atoms with E-state index in [1.54, 1.807) is 0 Å². The normalized spacial score (nSPS) is 9.83. The molecule has 0 bridgehead atoms. The average Bonchev–Trinajstić information content (AvgIpc) is 2.05. The van der Waals surface area contributed by atoms with Gasteiger partial charge in [0, 0.05) is 6.61 Å². The predicted octanol–water partition coefficient (Wildman–Crippen LogP) is 2.14. The van der Waals surface area contributed by atoms with Gasteiger partial charge in [0.25, 0.3) is 0 Å². The lowest BCUT2D eigenvalue weighted by molar-refractivity contribution is -0.112. The second kappa shape index (κ2) is 9.25. The first-order valence-corrected chi connectivity index (χ1v) is 5.83. The molecular formula is C9H18AlO2. The van der Waals surface area contributed by atoms with Crippen LogP contribution in [-0.4, -0.2) is 26.8 Å². The van der Waals surface area contributed by atoms with E-state index < -0.39 is 0 Å². The Labute approximate surface area is 81.7 Å². The van der Waals surface area contributed by atoms with Crippen LogP contribution in [0, 0.1) is 0 Å². The Balaban J connectivity index is 3.03. The van der Waals surface area contributed by atoms with Crippen molar-refractivity contribution >= 4 is 20.2 Å². The van der Waals surface area contributed by atoms with Crippen molar-refractivity contribution in [3.63, 3.8) is 0 Å². The van der Waals surface area contributed by atoms with Gasteiger partial charge < -0.3 is 8.58 Å². The zero-order chi connectivity index (χ0) is 9.23. The van der Waals surface area contributed by atoms with Crippen LogP contribution in [0.3, 0.4) is 0 Å². The quantitative estimate of drug-likeness (QED) is 0.428. The van der Waals surface area contributed by atoms with Gasteiger partial charge in [-0.15, -0.1) is 0 Å². The molecule has 0 fully saturated rings. The summed E-state index contributed by atoms with van der Waals surface area (Å²) in [6.07, 6.45) is 5.17. The Bertz CT molecular complexity index is 115. The van der Waals surface area contributed by atoms with Gasteiger partial charge in [-0.1, -0.05) is 33.1 Å². The second-order valence-corrected chi connectivity index (χ2v) is 4.13. The molecule has 0 aliphatic heterocycles. The minimum Gasteiger partial charge on any atom is -0.501 e. The van der Waals surface area contributed by atoms with Crippen molar-refractivity contribution in [2.45, 2.75) is 46.0 Å². The van der Waals surface area contributed by atoms with Gasteiger partial charge in [-0.05, 0) is 12.8 Å². The molecule has 0 spiro atoms. The van der Waals surface area contributed by atoms with Gasteiger partial charge in [-0.3, -0.25) is 0 Å². The van der Waals surface area contributed by atoms with E-state index in [-0.39, 0.29) is 15.6 Å². The highest BCUT2D eigenvalue weighted by atomic mass is 27.1. The number of rotatable bonds is 8. The van der Waals surface area contributed by atoms with Crippen LogP contribution in [-0.2, 0) is 8.58 Å². The third-order valence-electron chi connectivity index (χ3n) is 1.58. The van der Waals surface area contributed by atoms with Crippen LogP contribution in [0.1, 0.15) is 46.0 Å². The smallest absolute Gasteiger partial charge is 0.501 e. The number of carbonyl (C=O) groups is 1. The summed E-state index contributed by atoms with van der Waals surface area (Å²) in [5.41, 5.74) is 0. The van der Waals surface area contributed by atoms with E-state index in [1.165, 1.54) is 12.8 Å². The van der Waals surface area contributed by atoms with Crippen molar-refractivity contribution in [2.75, 3.05) is 6.61 Å². The number of unbranched alkanes of at least 4 members (excludes halogenated alkanes) is 2. The molecule has 0 saturated heterocycles. The second-order valence-electron chi connectivity index (χ2n) is 2.91. The lowest BCUT2D eigenvalue weighted by atomic mass is 10.3. The first-order chi connectivity index (χ1) is 5.81. The number of hydrogen-bond donors (Lipinski definition) is 0. The van der Waals surface area contributed by atoms with Crippen LogP contribution in [0.5, 0.6) is 0 Å². The van der Waals surface area contributed by atoms with Crippen molar-refractivity contribution in [1.82, 2.24) is 0 Å². The first kappa shape index (κ1) is 12.2. The van der Waals surface area contributed by atoms with E-state index >= 15 is 0 Å². The monoisotopic (exact) mass is 185 g/mol. The predicted molar refractivity (Wildman–Crippen MR) is 51.1 cm³/mol. The topological polar surface area (TPSA) is 26.3 Å².